The number of primary amides is 1. The molecule has 3 N–H and O–H groups in total. The standard InChI is InChI=1S/C20H20N6O2/c21-19(28)18-20(26(24-23-18)12-14-6-2-1-3-7-14)22-17(27)13-25-11-10-15-8-4-5-9-16(15)25/h1-9H,10-13H2,(H2,21,28)(H,22,27). The van der Waals surface area contributed by atoms with E-state index in [0.717, 1.165) is 24.2 Å². The van der Waals surface area contributed by atoms with E-state index in [0.29, 0.717) is 6.54 Å². The molecule has 2 heterocycles. The Morgan fingerprint density at radius 1 is 1.07 bits per heavy atom. The number of benzene rings is 2. The summed E-state index contributed by atoms with van der Waals surface area (Å²) in [4.78, 5) is 26.4. The Labute approximate surface area is 161 Å². The number of carbonyl (C=O) groups is 2. The summed E-state index contributed by atoms with van der Waals surface area (Å²) in [7, 11) is 0. The lowest BCUT2D eigenvalue weighted by atomic mass is 10.2. The molecule has 142 valence electrons. The molecule has 28 heavy (non-hydrogen) atoms. The second kappa shape index (κ2) is 7.51. The van der Waals surface area contributed by atoms with Crippen molar-refractivity contribution in [1.29, 1.82) is 0 Å². The van der Waals surface area contributed by atoms with Crippen molar-refractivity contribution in [3.8, 4) is 0 Å². The molecule has 2 amide bonds. The van der Waals surface area contributed by atoms with Gasteiger partial charge in [-0.25, -0.2) is 4.68 Å². The van der Waals surface area contributed by atoms with E-state index in [9.17, 15) is 9.59 Å². The number of nitrogens with two attached hydrogens (primary N) is 1. The van der Waals surface area contributed by atoms with Crippen molar-refractivity contribution in [2.24, 2.45) is 5.73 Å². The minimum atomic E-state index is -0.735. The summed E-state index contributed by atoms with van der Waals surface area (Å²) in [6.07, 6.45) is 0.906. The van der Waals surface area contributed by atoms with Gasteiger partial charge in [-0.1, -0.05) is 53.7 Å². The number of amides is 2. The molecule has 8 nitrogen and oxygen atoms in total. The number of carbonyl (C=O) groups excluding carboxylic acids is 2. The van der Waals surface area contributed by atoms with Crippen molar-refractivity contribution in [3.63, 3.8) is 0 Å². The van der Waals surface area contributed by atoms with Gasteiger partial charge in [-0.2, -0.15) is 0 Å². The molecule has 0 unspecified atom stereocenters. The molecule has 0 aliphatic carbocycles. The Balaban J connectivity index is 1.52. The molecule has 4 rings (SSSR count). The molecule has 0 radical (unpaired) electrons. The third-order valence-electron chi connectivity index (χ3n) is 4.72. The van der Waals surface area contributed by atoms with Gasteiger partial charge in [-0.3, -0.25) is 9.59 Å². The maximum atomic E-state index is 12.7. The molecule has 8 heteroatoms. The summed E-state index contributed by atoms with van der Waals surface area (Å²) in [6, 6.07) is 17.6. The van der Waals surface area contributed by atoms with Gasteiger partial charge in [0.2, 0.25) is 5.91 Å². The maximum Gasteiger partial charge on any atom is 0.273 e. The van der Waals surface area contributed by atoms with E-state index < -0.39 is 5.91 Å². The lowest BCUT2D eigenvalue weighted by Crippen LogP contribution is -2.33. The lowest BCUT2D eigenvalue weighted by molar-refractivity contribution is -0.115. The van der Waals surface area contributed by atoms with Gasteiger partial charge >= 0.3 is 0 Å². The molecule has 0 bridgehead atoms. The van der Waals surface area contributed by atoms with Crippen LogP contribution in [0.2, 0.25) is 0 Å². The van der Waals surface area contributed by atoms with Gasteiger partial charge in [0.05, 0.1) is 13.1 Å². The van der Waals surface area contributed by atoms with Gasteiger partial charge < -0.3 is 16.0 Å². The zero-order valence-corrected chi connectivity index (χ0v) is 15.2. The lowest BCUT2D eigenvalue weighted by Gasteiger charge is -2.19. The van der Waals surface area contributed by atoms with Crippen LogP contribution in [0, 0.1) is 0 Å². The second-order valence-electron chi connectivity index (χ2n) is 6.64. The van der Waals surface area contributed by atoms with Gasteiger partial charge in [-0.05, 0) is 23.6 Å². The van der Waals surface area contributed by atoms with Gasteiger partial charge in [0.25, 0.3) is 5.91 Å². The zero-order valence-electron chi connectivity index (χ0n) is 15.2. The average Bonchev–Trinajstić information content (AvgIpc) is 3.27. The van der Waals surface area contributed by atoms with Crippen molar-refractivity contribution in [2.45, 2.75) is 13.0 Å². The minimum Gasteiger partial charge on any atom is -0.364 e. The summed E-state index contributed by atoms with van der Waals surface area (Å²) in [6.45, 7) is 1.31. The molecule has 1 aliphatic rings. The van der Waals surface area contributed by atoms with Crippen LogP contribution in [-0.2, 0) is 17.8 Å². The van der Waals surface area contributed by atoms with Gasteiger partial charge in [-0.15, -0.1) is 5.10 Å². The highest BCUT2D eigenvalue weighted by Gasteiger charge is 2.24. The van der Waals surface area contributed by atoms with Gasteiger partial charge in [0.1, 0.15) is 0 Å². The number of para-hydroxylation sites is 1. The van der Waals surface area contributed by atoms with Crippen molar-refractivity contribution in [2.75, 3.05) is 23.3 Å². The van der Waals surface area contributed by atoms with Crippen LogP contribution < -0.4 is 16.0 Å². The van der Waals surface area contributed by atoms with Crippen LogP contribution in [0.3, 0.4) is 0 Å². The topological polar surface area (TPSA) is 106 Å². The number of anilines is 2. The van der Waals surface area contributed by atoms with E-state index in [2.05, 4.69) is 21.7 Å². The SMILES string of the molecule is NC(=O)c1nnn(Cc2ccccc2)c1NC(=O)CN1CCc2ccccc21. The first-order valence-corrected chi connectivity index (χ1v) is 9.02. The first-order chi connectivity index (χ1) is 13.6. The van der Waals surface area contributed by atoms with Crippen LogP contribution in [-0.4, -0.2) is 39.9 Å². The summed E-state index contributed by atoms with van der Waals surface area (Å²) in [5.41, 5.74) is 8.61. The quantitative estimate of drug-likeness (QED) is 0.677. The fraction of sp³-hybridized carbons (Fsp3) is 0.200. The van der Waals surface area contributed by atoms with Crippen LogP contribution >= 0.6 is 0 Å². The first kappa shape index (κ1) is 17.7. The Bertz CT molecular complexity index is 1010. The monoisotopic (exact) mass is 376 g/mol. The molecule has 0 saturated heterocycles. The number of fused-ring (bicyclic) bond motifs is 1. The highest BCUT2D eigenvalue weighted by molar-refractivity contribution is 6.01. The highest BCUT2D eigenvalue weighted by atomic mass is 16.2. The maximum absolute atomic E-state index is 12.7. The Kier molecular flexibility index (Phi) is 4.76. The number of aromatic nitrogens is 3. The van der Waals surface area contributed by atoms with Crippen LogP contribution in [0.4, 0.5) is 11.5 Å². The van der Waals surface area contributed by atoms with E-state index in [1.54, 1.807) is 0 Å². The fourth-order valence-electron chi connectivity index (χ4n) is 3.39. The third-order valence-corrected chi connectivity index (χ3v) is 4.72. The number of nitrogens with one attached hydrogen (secondary N) is 1. The number of rotatable bonds is 6. The molecule has 1 aliphatic heterocycles. The average molecular weight is 376 g/mol. The number of hydrogen-bond acceptors (Lipinski definition) is 5. The van der Waals surface area contributed by atoms with E-state index in [-0.39, 0.29) is 24.0 Å². The van der Waals surface area contributed by atoms with Crippen LogP contribution in [0.5, 0.6) is 0 Å². The minimum absolute atomic E-state index is 0.0499. The number of nitrogens with zero attached hydrogens (tertiary/aromatic N) is 4. The molecular formula is C20H20N6O2. The molecular weight excluding hydrogens is 356 g/mol. The molecule has 0 atom stereocenters. The molecule has 3 aromatic rings. The van der Waals surface area contributed by atoms with E-state index in [4.69, 9.17) is 5.73 Å². The molecule has 0 fully saturated rings. The largest absolute Gasteiger partial charge is 0.364 e. The highest BCUT2D eigenvalue weighted by Crippen LogP contribution is 2.27. The Morgan fingerprint density at radius 2 is 1.82 bits per heavy atom. The molecule has 2 aromatic carbocycles. The van der Waals surface area contributed by atoms with Crippen molar-refractivity contribution >= 4 is 23.3 Å². The second-order valence-corrected chi connectivity index (χ2v) is 6.64. The summed E-state index contributed by atoms with van der Waals surface area (Å²) >= 11 is 0. The molecule has 0 spiro atoms. The van der Waals surface area contributed by atoms with Crippen LogP contribution in [0.1, 0.15) is 21.6 Å². The predicted octanol–water partition coefficient (Wildman–Crippen LogP) is 1.43. The number of hydrogen-bond donors (Lipinski definition) is 2. The smallest absolute Gasteiger partial charge is 0.273 e. The molecule has 1 aromatic heterocycles. The molecule has 0 saturated carbocycles. The predicted molar refractivity (Wildman–Crippen MR) is 105 cm³/mol. The normalized spacial score (nSPS) is 12.6. The zero-order chi connectivity index (χ0) is 19.5. The van der Waals surface area contributed by atoms with E-state index in [1.165, 1.54) is 10.2 Å². The Hall–Kier alpha value is -3.68. The summed E-state index contributed by atoms with van der Waals surface area (Å²) in [5, 5.41) is 10.6. The van der Waals surface area contributed by atoms with E-state index in [1.807, 2.05) is 53.4 Å². The fourth-order valence-corrected chi connectivity index (χ4v) is 3.39. The van der Waals surface area contributed by atoms with E-state index >= 15 is 0 Å². The summed E-state index contributed by atoms with van der Waals surface area (Å²) < 4.78 is 1.48. The van der Waals surface area contributed by atoms with Crippen molar-refractivity contribution in [3.05, 3.63) is 71.4 Å². The summed E-state index contributed by atoms with van der Waals surface area (Å²) in [5.74, 6) is -0.772. The van der Waals surface area contributed by atoms with Crippen LogP contribution in [0.25, 0.3) is 0 Å². The Morgan fingerprint density at radius 3 is 2.61 bits per heavy atom. The van der Waals surface area contributed by atoms with Gasteiger partial charge in [0, 0.05) is 12.2 Å². The van der Waals surface area contributed by atoms with Crippen molar-refractivity contribution < 1.29 is 9.59 Å². The van der Waals surface area contributed by atoms with Crippen LogP contribution in [0.15, 0.2) is 54.6 Å². The van der Waals surface area contributed by atoms with Crippen molar-refractivity contribution in [1.82, 2.24) is 15.0 Å². The van der Waals surface area contributed by atoms with Gasteiger partial charge in [0.15, 0.2) is 11.5 Å². The first-order valence-electron chi connectivity index (χ1n) is 9.02. The third kappa shape index (κ3) is 3.57.